The smallest absolute Gasteiger partial charge is 0.107 e. The SMILES string of the molecule is CN1C=C(C2(O)CCCCC2)N(C)N1. The van der Waals surface area contributed by atoms with E-state index in [0.29, 0.717) is 0 Å². The predicted octanol–water partition coefficient (Wildman–Crippen LogP) is 0.820. The molecule has 0 radical (unpaired) electrons. The molecule has 0 unspecified atom stereocenters. The number of aliphatic hydroxyl groups is 1. The monoisotopic (exact) mass is 197 g/mol. The molecule has 4 nitrogen and oxygen atoms in total. The summed E-state index contributed by atoms with van der Waals surface area (Å²) >= 11 is 0. The van der Waals surface area contributed by atoms with Gasteiger partial charge in [0.25, 0.3) is 0 Å². The second-order valence-corrected chi connectivity index (χ2v) is 4.38. The lowest BCUT2D eigenvalue weighted by Gasteiger charge is -2.35. The van der Waals surface area contributed by atoms with Crippen molar-refractivity contribution < 1.29 is 5.11 Å². The molecule has 0 amide bonds. The van der Waals surface area contributed by atoms with Crippen LogP contribution in [0.25, 0.3) is 0 Å². The van der Waals surface area contributed by atoms with Crippen molar-refractivity contribution >= 4 is 0 Å². The summed E-state index contributed by atoms with van der Waals surface area (Å²) in [5, 5.41) is 14.3. The number of nitrogens with one attached hydrogen (secondary N) is 1. The third-order valence-electron chi connectivity index (χ3n) is 3.14. The first kappa shape index (κ1) is 9.80. The summed E-state index contributed by atoms with van der Waals surface area (Å²) in [5.41, 5.74) is 3.50. The second-order valence-electron chi connectivity index (χ2n) is 4.38. The molecule has 0 aromatic rings. The van der Waals surface area contributed by atoms with Crippen LogP contribution in [0.1, 0.15) is 32.1 Å². The molecule has 14 heavy (non-hydrogen) atoms. The Kier molecular flexibility index (Phi) is 2.41. The minimum absolute atomic E-state index is 0.606. The van der Waals surface area contributed by atoms with Crippen LogP contribution in [0.5, 0.6) is 0 Å². The number of hydrogen-bond donors (Lipinski definition) is 2. The molecule has 2 rings (SSSR count). The molecule has 0 bridgehead atoms. The van der Waals surface area contributed by atoms with Gasteiger partial charge in [-0.1, -0.05) is 19.3 Å². The summed E-state index contributed by atoms with van der Waals surface area (Å²) in [6.45, 7) is 0. The molecular formula is C10H19N3O. The number of rotatable bonds is 1. The van der Waals surface area contributed by atoms with Gasteiger partial charge in [-0.05, 0) is 12.8 Å². The zero-order valence-electron chi connectivity index (χ0n) is 8.95. The van der Waals surface area contributed by atoms with E-state index < -0.39 is 5.60 Å². The van der Waals surface area contributed by atoms with Gasteiger partial charge >= 0.3 is 0 Å². The van der Waals surface area contributed by atoms with E-state index in [2.05, 4.69) is 5.53 Å². The summed E-state index contributed by atoms with van der Waals surface area (Å²) in [5.74, 6) is 0. The summed E-state index contributed by atoms with van der Waals surface area (Å²) < 4.78 is 0. The zero-order valence-corrected chi connectivity index (χ0v) is 8.95. The number of nitrogens with zero attached hydrogens (tertiary/aromatic N) is 2. The number of likely N-dealkylation sites (N-methyl/N-ethyl adjacent to an activating group) is 1. The minimum atomic E-state index is -0.606. The predicted molar refractivity (Wildman–Crippen MR) is 54.8 cm³/mol. The van der Waals surface area contributed by atoms with Gasteiger partial charge < -0.3 is 5.11 Å². The van der Waals surface area contributed by atoms with E-state index in [1.807, 2.05) is 30.3 Å². The van der Waals surface area contributed by atoms with Gasteiger partial charge in [0, 0.05) is 20.3 Å². The Labute approximate surface area is 85.1 Å². The highest BCUT2D eigenvalue weighted by atomic mass is 16.3. The Morgan fingerprint density at radius 3 is 2.43 bits per heavy atom. The number of hydrazine groups is 2. The topological polar surface area (TPSA) is 38.7 Å². The van der Waals surface area contributed by atoms with Gasteiger partial charge in [-0.25, -0.2) is 0 Å². The maximum absolute atomic E-state index is 10.5. The molecule has 1 aliphatic heterocycles. The molecule has 2 aliphatic rings. The molecule has 0 spiro atoms. The normalized spacial score (nSPS) is 26.6. The molecule has 1 aliphatic carbocycles. The molecular weight excluding hydrogens is 178 g/mol. The summed E-state index contributed by atoms with van der Waals surface area (Å²) in [6.07, 6.45) is 7.27. The lowest BCUT2D eigenvalue weighted by Crippen LogP contribution is -2.43. The van der Waals surface area contributed by atoms with Crippen LogP contribution in [-0.4, -0.2) is 34.8 Å². The van der Waals surface area contributed by atoms with Crippen molar-refractivity contribution in [2.75, 3.05) is 14.1 Å². The van der Waals surface area contributed by atoms with Gasteiger partial charge in [0.05, 0.1) is 5.70 Å². The van der Waals surface area contributed by atoms with Crippen LogP contribution in [0.3, 0.4) is 0 Å². The highest BCUT2D eigenvalue weighted by molar-refractivity contribution is 5.17. The average molecular weight is 197 g/mol. The molecule has 0 aromatic heterocycles. The van der Waals surface area contributed by atoms with Crippen LogP contribution >= 0.6 is 0 Å². The fraction of sp³-hybridized carbons (Fsp3) is 0.800. The molecule has 0 aromatic carbocycles. The lowest BCUT2D eigenvalue weighted by atomic mass is 9.82. The zero-order chi connectivity index (χ0) is 10.2. The first-order valence-corrected chi connectivity index (χ1v) is 5.29. The van der Waals surface area contributed by atoms with Crippen LogP contribution in [0.4, 0.5) is 0 Å². The molecule has 1 heterocycles. The minimum Gasteiger partial charge on any atom is -0.384 e. The van der Waals surface area contributed by atoms with E-state index in [4.69, 9.17) is 0 Å². The van der Waals surface area contributed by atoms with Crippen molar-refractivity contribution in [1.82, 2.24) is 15.6 Å². The number of hydrogen-bond acceptors (Lipinski definition) is 4. The molecule has 4 heteroatoms. The van der Waals surface area contributed by atoms with Crippen molar-refractivity contribution in [3.8, 4) is 0 Å². The van der Waals surface area contributed by atoms with Crippen LogP contribution in [0.2, 0.25) is 0 Å². The lowest BCUT2D eigenvalue weighted by molar-refractivity contribution is 0.00922. The van der Waals surface area contributed by atoms with Gasteiger partial charge in [0.15, 0.2) is 0 Å². The molecule has 0 saturated heterocycles. The van der Waals surface area contributed by atoms with Crippen LogP contribution in [0.15, 0.2) is 11.9 Å². The third kappa shape index (κ3) is 1.60. The van der Waals surface area contributed by atoms with Crippen molar-refractivity contribution in [3.05, 3.63) is 11.9 Å². The van der Waals surface area contributed by atoms with E-state index in [1.54, 1.807) is 0 Å². The van der Waals surface area contributed by atoms with Gasteiger partial charge in [-0.15, -0.1) is 5.53 Å². The van der Waals surface area contributed by atoms with Crippen LogP contribution < -0.4 is 5.53 Å². The summed E-state index contributed by atoms with van der Waals surface area (Å²) in [7, 11) is 3.89. The van der Waals surface area contributed by atoms with Gasteiger partial charge in [0.2, 0.25) is 0 Å². The first-order chi connectivity index (χ1) is 6.62. The van der Waals surface area contributed by atoms with E-state index in [0.717, 1.165) is 31.4 Å². The maximum atomic E-state index is 10.5. The van der Waals surface area contributed by atoms with Gasteiger partial charge in [-0.3, -0.25) is 10.0 Å². The Morgan fingerprint density at radius 1 is 1.29 bits per heavy atom. The largest absolute Gasteiger partial charge is 0.384 e. The fourth-order valence-corrected chi connectivity index (χ4v) is 2.41. The summed E-state index contributed by atoms with van der Waals surface area (Å²) in [4.78, 5) is 0. The highest BCUT2D eigenvalue weighted by Crippen LogP contribution is 2.36. The standard InChI is InChI=1S/C10H19N3O/c1-12-8-9(13(2)11-12)10(14)6-4-3-5-7-10/h8,11,14H,3-7H2,1-2H3. The average Bonchev–Trinajstić information content (AvgIpc) is 2.47. The summed E-state index contributed by atoms with van der Waals surface area (Å²) in [6, 6.07) is 0. The highest BCUT2D eigenvalue weighted by Gasteiger charge is 2.37. The molecule has 1 saturated carbocycles. The quantitative estimate of drug-likeness (QED) is 0.653. The Morgan fingerprint density at radius 2 is 1.93 bits per heavy atom. The van der Waals surface area contributed by atoms with Crippen LogP contribution in [-0.2, 0) is 0 Å². The van der Waals surface area contributed by atoms with Crippen molar-refractivity contribution in [3.63, 3.8) is 0 Å². The maximum Gasteiger partial charge on any atom is 0.107 e. The van der Waals surface area contributed by atoms with Crippen molar-refractivity contribution in [2.45, 2.75) is 37.7 Å². The Bertz CT molecular complexity index is 246. The van der Waals surface area contributed by atoms with Crippen LogP contribution in [0, 0.1) is 0 Å². The van der Waals surface area contributed by atoms with E-state index in [9.17, 15) is 5.11 Å². The Hall–Kier alpha value is -0.740. The third-order valence-corrected chi connectivity index (χ3v) is 3.14. The molecule has 0 atom stereocenters. The first-order valence-electron chi connectivity index (χ1n) is 5.29. The van der Waals surface area contributed by atoms with Gasteiger partial charge in [-0.2, -0.15) is 0 Å². The van der Waals surface area contributed by atoms with E-state index >= 15 is 0 Å². The molecule has 80 valence electrons. The van der Waals surface area contributed by atoms with E-state index in [-0.39, 0.29) is 0 Å². The molecule has 2 N–H and O–H groups in total. The fourth-order valence-electron chi connectivity index (χ4n) is 2.41. The Balaban J connectivity index is 2.16. The molecule has 1 fully saturated rings. The van der Waals surface area contributed by atoms with E-state index in [1.165, 1.54) is 6.42 Å². The van der Waals surface area contributed by atoms with Gasteiger partial charge in [0.1, 0.15) is 5.60 Å². The van der Waals surface area contributed by atoms with Crippen molar-refractivity contribution in [1.29, 1.82) is 0 Å². The van der Waals surface area contributed by atoms with Crippen molar-refractivity contribution in [2.24, 2.45) is 0 Å². The second kappa shape index (κ2) is 3.44.